The first kappa shape index (κ1) is 25.2. The predicted octanol–water partition coefficient (Wildman–Crippen LogP) is 4.36. The number of aromatic hydroxyl groups is 2. The minimum absolute atomic E-state index is 0.0377. The zero-order valence-corrected chi connectivity index (χ0v) is 22.1. The molecule has 4 atom stereocenters. The van der Waals surface area contributed by atoms with Gasteiger partial charge in [0, 0.05) is 43.1 Å². The molecule has 0 aliphatic carbocycles. The highest BCUT2D eigenvalue weighted by molar-refractivity contribution is 6.04. The molecule has 208 valence electrons. The number of aromatic nitrogens is 2. The second-order valence-corrected chi connectivity index (χ2v) is 11.2. The Hall–Kier alpha value is -3.76. The van der Waals surface area contributed by atoms with Crippen molar-refractivity contribution >= 4 is 27.5 Å². The molecule has 2 bridgehead atoms. The van der Waals surface area contributed by atoms with Crippen molar-refractivity contribution in [3.63, 3.8) is 0 Å². The van der Waals surface area contributed by atoms with Gasteiger partial charge in [0.05, 0.1) is 5.56 Å². The smallest absolute Gasteiger partial charge is 0.319 e. The van der Waals surface area contributed by atoms with Crippen LogP contribution in [0.25, 0.3) is 32.8 Å². The monoisotopic (exact) mass is 547 g/mol. The number of anilines is 1. The Morgan fingerprint density at radius 3 is 2.58 bits per heavy atom. The van der Waals surface area contributed by atoms with Gasteiger partial charge in [0.2, 0.25) is 0 Å². The summed E-state index contributed by atoms with van der Waals surface area (Å²) in [5.41, 5.74) is 0.484. The molecule has 0 unspecified atom stereocenters. The number of likely N-dealkylation sites (N-methyl/N-ethyl adjacent to an activating group) is 1. The van der Waals surface area contributed by atoms with Crippen LogP contribution in [-0.4, -0.2) is 82.7 Å². The fraction of sp³-hybridized carbons (Fsp3) is 0.400. The summed E-state index contributed by atoms with van der Waals surface area (Å²) in [7, 11) is 1.86. The van der Waals surface area contributed by atoms with Crippen LogP contribution < -0.4 is 15.0 Å². The number of benzene rings is 3. The van der Waals surface area contributed by atoms with E-state index in [1.807, 2.05) is 36.2 Å². The van der Waals surface area contributed by atoms with Gasteiger partial charge in [0.25, 0.3) is 0 Å². The van der Waals surface area contributed by atoms with Crippen molar-refractivity contribution in [2.75, 3.05) is 38.2 Å². The molecule has 40 heavy (non-hydrogen) atoms. The Morgan fingerprint density at radius 2 is 1.82 bits per heavy atom. The van der Waals surface area contributed by atoms with Crippen molar-refractivity contribution in [1.82, 2.24) is 20.2 Å². The van der Waals surface area contributed by atoms with E-state index in [0.29, 0.717) is 40.5 Å². The van der Waals surface area contributed by atoms with Gasteiger partial charge in [-0.1, -0.05) is 24.3 Å². The molecule has 4 heterocycles. The van der Waals surface area contributed by atoms with Gasteiger partial charge in [0.15, 0.2) is 5.75 Å². The largest absolute Gasteiger partial charge is 0.508 e. The summed E-state index contributed by atoms with van der Waals surface area (Å²) in [4.78, 5) is 13.4. The number of alkyl halides is 1. The van der Waals surface area contributed by atoms with Gasteiger partial charge in [-0.2, -0.15) is 9.97 Å². The third-order valence-corrected chi connectivity index (χ3v) is 8.66. The third-order valence-electron chi connectivity index (χ3n) is 8.66. The van der Waals surface area contributed by atoms with Crippen LogP contribution in [0.2, 0.25) is 0 Å². The molecule has 7 rings (SSSR count). The van der Waals surface area contributed by atoms with E-state index in [-0.39, 0.29) is 53.3 Å². The molecular formula is C30H31F2N5O3. The number of rotatable bonds is 5. The molecule has 3 aliphatic heterocycles. The van der Waals surface area contributed by atoms with E-state index in [1.165, 1.54) is 12.1 Å². The highest BCUT2D eigenvalue weighted by Gasteiger charge is 2.39. The minimum Gasteiger partial charge on any atom is -0.508 e. The molecule has 0 amide bonds. The topological polar surface area (TPSA) is 94.0 Å². The van der Waals surface area contributed by atoms with E-state index in [9.17, 15) is 14.6 Å². The van der Waals surface area contributed by atoms with E-state index in [2.05, 4.69) is 15.2 Å². The van der Waals surface area contributed by atoms with Gasteiger partial charge < -0.3 is 25.2 Å². The highest BCUT2D eigenvalue weighted by Crippen LogP contribution is 2.45. The quantitative estimate of drug-likeness (QED) is 0.340. The highest BCUT2D eigenvalue weighted by atomic mass is 19.1. The number of halogens is 2. The molecule has 3 saturated heterocycles. The number of phenolic OH excluding ortho intramolecular Hbond substituents is 2. The first-order valence-electron chi connectivity index (χ1n) is 13.8. The summed E-state index contributed by atoms with van der Waals surface area (Å²) in [6, 6.07) is 12.0. The zero-order chi connectivity index (χ0) is 27.5. The van der Waals surface area contributed by atoms with Crippen molar-refractivity contribution in [2.45, 2.75) is 43.6 Å². The summed E-state index contributed by atoms with van der Waals surface area (Å²) >= 11 is 0. The number of ether oxygens (including phenoxy) is 1. The van der Waals surface area contributed by atoms with Crippen molar-refractivity contribution in [3.05, 3.63) is 48.3 Å². The molecule has 0 saturated carbocycles. The fourth-order valence-electron chi connectivity index (χ4n) is 6.70. The third kappa shape index (κ3) is 4.17. The van der Waals surface area contributed by atoms with E-state index in [1.54, 1.807) is 6.07 Å². The van der Waals surface area contributed by atoms with E-state index < -0.39 is 12.0 Å². The van der Waals surface area contributed by atoms with Crippen LogP contribution in [0, 0.1) is 5.82 Å². The Labute approximate surface area is 230 Å². The molecule has 10 heteroatoms. The van der Waals surface area contributed by atoms with Crippen LogP contribution in [-0.2, 0) is 0 Å². The molecule has 3 N–H and O–H groups in total. The Bertz CT molecular complexity index is 1600. The average molecular weight is 548 g/mol. The number of likely N-dealkylation sites (tertiary alicyclic amines) is 1. The first-order chi connectivity index (χ1) is 19.4. The maximum atomic E-state index is 16.0. The van der Waals surface area contributed by atoms with Gasteiger partial charge in [-0.3, -0.25) is 4.90 Å². The van der Waals surface area contributed by atoms with Crippen molar-refractivity contribution in [3.8, 4) is 28.6 Å². The van der Waals surface area contributed by atoms with Crippen molar-refractivity contribution < 1.29 is 23.7 Å². The number of fused-ring (bicyclic) bond motifs is 4. The number of phenols is 2. The molecule has 0 radical (unpaired) electrons. The molecule has 4 aromatic rings. The van der Waals surface area contributed by atoms with Crippen LogP contribution >= 0.6 is 0 Å². The van der Waals surface area contributed by atoms with E-state index >= 15 is 4.39 Å². The van der Waals surface area contributed by atoms with Gasteiger partial charge in [-0.05, 0) is 60.8 Å². The van der Waals surface area contributed by atoms with Crippen LogP contribution in [0.1, 0.15) is 19.3 Å². The van der Waals surface area contributed by atoms with Gasteiger partial charge in [-0.25, -0.2) is 8.78 Å². The first-order valence-corrected chi connectivity index (χ1v) is 13.8. The number of nitrogens with zero attached hydrogens (tertiary/aromatic N) is 4. The summed E-state index contributed by atoms with van der Waals surface area (Å²) in [6.07, 6.45) is 1.41. The predicted molar refractivity (Wildman–Crippen MR) is 149 cm³/mol. The number of nitrogens with one attached hydrogen (secondary N) is 1. The molecule has 0 spiro atoms. The summed E-state index contributed by atoms with van der Waals surface area (Å²) in [6.45, 7) is 2.11. The second kappa shape index (κ2) is 9.71. The van der Waals surface area contributed by atoms with E-state index in [0.717, 1.165) is 25.9 Å². The summed E-state index contributed by atoms with van der Waals surface area (Å²) < 4.78 is 36.0. The zero-order valence-electron chi connectivity index (χ0n) is 22.1. The lowest BCUT2D eigenvalue weighted by Crippen LogP contribution is -2.52. The second-order valence-electron chi connectivity index (χ2n) is 11.2. The van der Waals surface area contributed by atoms with Crippen molar-refractivity contribution in [2.24, 2.45) is 0 Å². The molecule has 1 aromatic heterocycles. The molecule has 8 nitrogen and oxygen atoms in total. The lowest BCUT2D eigenvalue weighted by Gasteiger charge is -2.37. The van der Waals surface area contributed by atoms with Gasteiger partial charge in [0.1, 0.15) is 35.7 Å². The SMILES string of the molecule is CN1C[C@H](F)C[C@H]1COc1nc(N2[C@@H]3CC[C@H]2CNC3)c2cc(F)c(-c3cc(O)cc4ccccc34)c(O)c2n1. The lowest BCUT2D eigenvalue weighted by molar-refractivity contribution is 0.188. The number of piperazine rings is 1. The molecule has 3 fully saturated rings. The van der Waals surface area contributed by atoms with Crippen LogP contribution in [0.15, 0.2) is 42.5 Å². The Kier molecular flexibility index (Phi) is 6.12. The van der Waals surface area contributed by atoms with Crippen LogP contribution in [0.4, 0.5) is 14.6 Å². The standard InChI is InChI=1S/C30H31F2N5O3/c1-36-14-17(31)9-20(36)15-40-30-34-27-24(29(35-30)37-18-6-7-19(37)13-33-12-18)11-25(32)26(28(27)39)23-10-21(38)8-16-4-2-3-5-22(16)23/h2-5,8,10-11,17-20,33,38-39H,6-7,9,12-15H2,1H3/t17-,18-,19+,20+/m1/s1. The van der Waals surface area contributed by atoms with Crippen LogP contribution in [0.5, 0.6) is 17.5 Å². The fourth-order valence-corrected chi connectivity index (χ4v) is 6.70. The summed E-state index contributed by atoms with van der Waals surface area (Å²) in [5.74, 6) is -0.491. The maximum Gasteiger partial charge on any atom is 0.319 e. The van der Waals surface area contributed by atoms with Crippen molar-refractivity contribution in [1.29, 1.82) is 0 Å². The van der Waals surface area contributed by atoms with Gasteiger partial charge >= 0.3 is 6.01 Å². The van der Waals surface area contributed by atoms with Gasteiger partial charge in [-0.15, -0.1) is 0 Å². The average Bonchev–Trinajstić information content (AvgIpc) is 3.38. The lowest BCUT2D eigenvalue weighted by atomic mass is 9.95. The molecule has 3 aromatic carbocycles. The molecule has 3 aliphatic rings. The minimum atomic E-state index is -0.908. The van der Waals surface area contributed by atoms with Crippen LogP contribution in [0.3, 0.4) is 0 Å². The number of hydrogen-bond acceptors (Lipinski definition) is 8. The normalized spacial score (nSPS) is 24.8. The number of hydrogen-bond donors (Lipinski definition) is 3. The Morgan fingerprint density at radius 1 is 1.05 bits per heavy atom. The summed E-state index contributed by atoms with van der Waals surface area (Å²) in [5, 5.41) is 27.3. The maximum absolute atomic E-state index is 16.0. The molecular weight excluding hydrogens is 516 g/mol. The Balaban J connectivity index is 1.40. The van der Waals surface area contributed by atoms with E-state index in [4.69, 9.17) is 9.72 Å².